The van der Waals surface area contributed by atoms with E-state index in [1.54, 1.807) is 0 Å². The Labute approximate surface area is 94.6 Å². The van der Waals surface area contributed by atoms with Crippen molar-refractivity contribution in [1.29, 1.82) is 5.26 Å². The van der Waals surface area contributed by atoms with E-state index in [0.717, 1.165) is 18.4 Å². The third-order valence-corrected chi connectivity index (χ3v) is 3.18. The summed E-state index contributed by atoms with van der Waals surface area (Å²) in [6.45, 7) is 0. The molecule has 0 fully saturated rings. The summed E-state index contributed by atoms with van der Waals surface area (Å²) in [6, 6.07) is 10.1. The topological polar surface area (TPSA) is 50.1 Å². The molecule has 1 aromatic rings. The van der Waals surface area contributed by atoms with Crippen LogP contribution < -0.4 is 0 Å². The molecule has 3 heteroatoms. The first-order valence-corrected chi connectivity index (χ1v) is 5.33. The number of nitrogens with zero attached hydrogens (tertiary/aromatic N) is 1. The van der Waals surface area contributed by atoms with E-state index < -0.39 is 11.9 Å². The number of carbonyl (C=O) groups is 1. The van der Waals surface area contributed by atoms with E-state index in [4.69, 9.17) is 5.26 Å². The van der Waals surface area contributed by atoms with Gasteiger partial charge in [0.2, 0.25) is 0 Å². The number of ether oxygens (including phenoxy) is 1. The minimum Gasteiger partial charge on any atom is -0.468 e. The zero-order chi connectivity index (χ0) is 11.5. The molecule has 0 N–H and O–H groups in total. The number of rotatable bonds is 2. The van der Waals surface area contributed by atoms with Crippen LogP contribution in [0.25, 0.3) is 0 Å². The molecule has 2 unspecified atom stereocenters. The van der Waals surface area contributed by atoms with Gasteiger partial charge in [0.1, 0.15) is 0 Å². The van der Waals surface area contributed by atoms with Gasteiger partial charge < -0.3 is 4.74 Å². The van der Waals surface area contributed by atoms with E-state index in [9.17, 15) is 4.79 Å². The Bertz CT molecular complexity index is 447. The Morgan fingerprint density at radius 1 is 1.56 bits per heavy atom. The van der Waals surface area contributed by atoms with Gasteiger partial charge in [-0.25, -0.2) is 0 Å². The molecule has 2 rings (SSSR count). The average molecular weight is 215 g/mol. The second kappa shape index (κ2) is 4.36. The molecule has 3 nitrogen and oxygen atoms in total. The third kappa shape index (κ3) is 1.67. The molecule has 82 valence electrons. The summed E-state index contributed by atoms with van der Waals surface area (Å²) in [5, 5.41) is 9.06. The van der Waals surface area contributed by atoms with Gasteiger partial charge >= 0.3 is 5.97 Å². The minimum absolute atomic E-state index is 0.00588. The summed E-state index contributed by atoms with van der Waals surface area (Å²) < 4.78 is 4.67. The van der Waals surface area contributed by atoms with Crippen LogP contribution in [0.1, 0.15) is 23.5 Å². The fourth-order valence-corrected chi connectivity index (χ4v) is 2.37. The van der Waals surface area contributed by atoms with Crippen LogP contribution in [0.2, 0.25) is 0 Å². The van der Waals surface area contributed by atoms with Gasteiger partial charge in [0.25, 0.3) is 0 Å². The van der Waals surface area contributed by atoms with Crippen molar-refractivity contribution in [2.24, 2.45) is 5.92 Å². The van der Waals surface area contributed by atoms with Crippen LogP contribution in [0, 0.1) is 17.2 Å². The third-order valence-electron chi connectivity index (χ3n) is 3.18. The van der Waals surface area contributed by atoms with E-state index in [2.05, 4.69) is 16.9 Å². The number of hydrogen-bond acceptors (Lipinski definition) is 3. The van der Waals surface area contributed by atoms with Crippen LogP contribution in [-0.2, 0) is 16.0 Å². The van der Waals surface area contributed by atoms with Gasteiger partial charge in [0.15, 0.2) is 5.92 Å². The molecule has 0 aromatic heterocycles. The van der Waals surface area contributed by atoms with Crippen molar-refractivity contribution < 1.29 is 9.53 Å². The van der Waals surface area contributed by atoms with Crippen molar-refractivity contribution in [3.05, 3.63) is 35.4 Å². The predicted molar refractivity (Wildman–Crippen MR) is 58.6 cm³/mol. The van der Waals surface area contributed by atoms with E-state index in [0.29, 0.717) is 0 Å². The molecule has 0 spiro atoms. The molecular weight excluding hydrogens is 202 g/mol. The highest BCUT2D eigenvalue weighted by atomic mass is 16.5. The van der Waals surface area contributed by atoms with Crippen molar-refractivity contribution in [3.8, 4) is 6.07 Å². The summed E-state index contributed by atoms with van der Waals surface area (Å²) in [5.74, 6) is -1.11. The highest BCUT2D eigenvalue weighted by molar-refractivity contribution is 5.76. The molecule has 0 amide bonds. The summed E-state index contributed by atoms with van der Waals surface area (Å²) >= 11 is 0. The summed E-state index contributed by atoms with van der Waals surface area (Å²) in [7, 11) is 1.33. The molecule has 0 bridgehead atoms. The van der Waals surface area contributed by atoms with Crippen LogP contribution in [0.3, 0.4) is 0 Å². The first-order chi connectivity index (χ1) is 7.77. The van der Waals surface area contributed by atoms with Gasteiger partial charge in [-0.2, -0.15) is 5.26 Å². The highest BCUT2D eigenvalue weighted by Gasteiger charge is 2.34. The number of fused-ring (bicyclic) bond motifs is 1. The number of carbonyl (C=O) groups excluding carboxylic acids is 1. The fourth-order valence-electron chi connectivity index (χ4n) is 2.37. The number of methoxy groups -OCH3 is 1. The summed E-state index contributed by atoms with van der Waals surface area (Å²) in [4.78, 5) is 11.5. The Balaban J connectivity index is 2.31. The lowest BCUT2D eigenvalue weighted by atomic mass is 9.88. The Hall–Kier alpha value is -1.82. The monoisotopic (exact) mass is 215 g/mol. The summed E-state index contributed by atoms with van der Waals surface area (Å²) in [5.41, 5.74) is 2.37. The molecule has 0 aliphatic heterocycles. The van der Waals surface area contributed by atoms with E-state index in [-0.39, 0.29) is 5.92 Å². The standard InChI is InChI=1S/C13H13NO2/c1-16-13(15)12(8-14)11-7-6-9-4-2-3-5-10(9)11/h2-5,11-12H,6-7H2,1H3. The second-order valence-corrected chi connectivity index (χ2v) is 3.97. The van der Waals surface area contributed by atoms with Crippen molar-refractivity contribution in [3.63, 3.8) is 0 Å². The minimum atomic E-state index is -0.673. The SMILES string of the molecule is COC(=O)C(C#N)C1CCc2ccccc21. The molecule has 0 heterocycles. The van der Waals surface area contributed by atoms with E-state index >= 15 is 0 Å². The second-order valence-electron chi connectivity index (χ2n) is 3.97. The molecule has 1 aromatic carbocycles. The highest BCUT2D eigenvalue weighted by Crippen LogP contribution is 2.38. The first-order valence-electron chi connectivity index (χ1n) is 5.33. The van der Waals surface area contributed by atoms with Crippen molar-refractivity contribution in [2.75, 3.05) is 7.11 Å². The molecule has 0 radical (unpaired) electrons. The largest absolute Gasteiger partial charge is 0.468 e. The van der Waals surface area contributed by atoms with E-state index in [1.165, 1.54) is 12.7 Å². The Morgan fingerprint density at radius 2 is 2.31 bits per heavy atom. The van der Waals surface area contributed by atoms with Gasteiger partial charge in [0.05, 0.1) is 13.2 Å². The van der Waals surface area contributed by atoms with Crippen LogP contribution in [-0.4, -0.2) is 13.1 Å². The van der Waals surface area contributed by atoms with Gasteiger partial charge in [-0.1, -0.05) is 24.3 Å². The van der Waals surface area contributed by atoms with E-state index in [1.807, 2.05) is 18.2 Å². The van der Waals surface area contributed by atoms with Crippen LogP contribution in [0.4, 0.5) is 0 Å². The molecule has 16 heavy (non-hydrogen) atoms. The smallest absolute Gasteiger partial charge is 0.323 e. The molecule has 0 saturated carbocycles. The zero-order valence-electron chi connectivity index (χ0n) is 9.14. The Kier molecular flexibility index (Phi) is 2.91. The average Bonchev–Trinajstić information content (AvgIpc) is 2.74. The number of esters is 1. The molecule has 1 aliphatic carbocycles. The van der Waals surface area contributed by atoms with Gasteiger partial charge in [-0.15, -0.1) is 0 Å². The fraction of sp³-hybridized carbons (Fsp3) is 0.385. The van der Waals surface area contributed by atoms with Crippen molar-refractivity contribution in [1.82, 2.24) is 0 Å². The summed E-state index contributed by atoms with van der Waals surface area (Å²) in [6.07, 6.45) is 1.79. The van der Waals surface area contributed by atoms with Gasteiger partial charge in [-0.05, 0) is 24.0 Å². The number of nitriles is 1. The maximum atomic E-state index is 11.5. The molecule has 2 atom stereocenters. The lowest BCUT2D eigenvalue weighted by molar-refractivity contribution is -0.144. The normalized spacial score (nSPS) is 19.6. The van der Waals surface area contributed by atoms with Crippen LogP contribution in [0.5, 0.6) is 0 Å². The zero-order valence-corrected chi connectivity index (χ0v) is 9.14. The number of benzene rings is 1. The van der Waals surface area contributed by atoms with Crippen LogP contribution >= 0.6 is 0 Å². The van der Waals surface area contributed by atoms with Gasteiger partial charge in [-0.3, -0.25) is 4.79 Å². The molecular formula is C13H13NO2. The quantitative estimate of drug-likeness (QED) is 0.709. The van der Waals surface area contributed by atoms with Gasteiger partial charge in [0, 0.05) is 5.92 Å². The van der Waals surface area contributed by atoms with Crippen molar-refractivity contribution in [2.45, 2.75) is 18.8 Å². The maximum absolute atomic E-state index is 11.5. The Morgan fingerprint density at radius 3 is 3.00 bits per heavy atom. The molecule has 0 saturated heterocycles. The van der Waals surface area contributed by atoms with Crippen molar-refractivity contribution >= 4 is 5.97 Å². The van der Waals surface area contributed by atoms with Crippen LogP contribution in [0.15, 0.2) is 24.3 Å². The lowest BCUT2D eigenvalue weighted by Gasteiger charge is -2.15. The predicted octanol–water partition coefficient (Wildman–Crippen LogP) is 2.03. The molecule has 1 aliphatic rings. The maximum Gasteiger partial charge on any atom is 0.323 e. The number of hydrogen-bond donors (Lipinski definition) is 0. The first kappa shape index (κ1) is 10.7. The number of aryl methyl sites for hydroxylation is 1. The lowest BCUT2D eigenvalue weighted by Crippen LogP contribution is -2.20.